The van der Waals surface area contributed by atoms with Crippen LogP contribution in [-0.4, -0.2) is 5.33 Å². The highest BCUT2D eigenvalue weighted by molar-refractivity contribution is 9.09. The highest BCUT2D eigenvalue weighted by Gasteiger charge is 2.47. The molecule has 146 valence electrons. The maximum atomic E-state index is 9.44. The second-order valence-corrected chi connectivity index (χ2v) is 9.30. The summed E-state index contributed by atoms with van der Waals surface area (Å²) in [6.07, 6.45) is 5.38. The standard InChI is InChI=1S/C25H28BrNO/c1-25(17-26)13-11-22-21-10-8-20(28-16-18-5-3-2-4-6-18)15-19(21)7-9-23(22)24(25)12-14-27/h2-6,8,10,15,22-24H,7,9,11-13,16-17H2,1H3/t22-,23-,24+,25-/m1/s1. The van der Waals surface area contributed by atoms with Crippen molar-refractivity contribution in [3.05, 3.63) is 65.2 Å². The van der Waals surface area contributed by atoms with Crippen LogP contribution in [0.3, 0.4) is 0 Å². The molecule has 28 heavy (non-hydrogen) atoms. The highest BCUT2D eigenvalue weighted by Crippen LogP contribution is 2.56. The molecule has 2 aliphatic carbocycles. The average molecular weight is 438 g/mol. The van der Waals surface area contributed by atoms with Gasteiger partial charge in [0.15, 0.2) is 0 Å². The van der Waals surface area contributed by atoms with Crippen LogP contribution in [0.1, 0.15) is 55.2 Å². The predicted octanol–water partition coefficient (Wildman–Crippen LogP) is 6.64. The summed E-state index contributed by atoms with van der Waals surface area (Å²) in [4.78, 5) is 0. The van der Waals surface area contributed by atoms with Crippen molar-refractivity contribution in [2.75, 3.05) is 5.33 Å². The van der Waals surface area contributed by atoms with E-state index < -0.39 is 0 Å². The molecule has 0 radical (unpaired) electrons. The summed E-state index contributed by atoms with van der Waals surface area (Å²) in [5.74, 6) is 2.67. The lowest BCUT2D eigenvalue weighted by Gasteiger charge is -2.51. The molecule has 4 rings (SSSR count). The summed E-state index contributed by atoms with van der Waals surface area (Å²) in [5.41, 5.74) is 4.39. The van der Waals surface area contributed by atoms with E-state index in [1.54, 1.807) is 0 Å². The molecule has 2 aromatic carbocycles. The minimum atomic E-state index is 0.243. The van der Waals surface area contributed by atoms with Crippen LogP contribution in [-0.2, 0) is 13.0 Å². The highest BCUT2D eigenvalue weighted by atomic mass is 79.9. The Bertz CT molecular complexity index is 859. The fourth-order valence-corrected chi connectivity index (χ4v) is 6.14. The van der Waals surface area contributed by atoms with Gasteiger partial charge in [0, 0.05) is 11.8 Å². The third-order valence-corrected chi connectivity index (χ3v) is 8.36. The number of nitriles is 1. The number of alkyl halides is 1. The van der Waals surface area contributed by atoms with Crippen LogP contribution in [0.25, 0.3) is 0 Å². The maximum Gasteiger partial charge on any atom is 0.120 e. The van der Waals surface area contributed by atoms with Gasteiger partial charge < -0.3 is 4.74 Å². The number of rotatable bonds is 5. The zero-order chi connectivity index (χ0) is 19.6. The van der Waals surface area contributed by atoms with Crippen LogP contribution in [0.15, 0.2) is 48.5 Å². The maximum absolute atomic E-state index is 9.44. The Labute approximate surface area is 177 Å². The molecule has 2 nitrogen and oxygen atoms in total. The van der Waals surface area contributed by atoms with Gasteiger partial charge in [0.05, 0.1) is 6.07 Å². The lowest BCUT2D eigenvalue weighted by atomic mass is 9.54. The molecule has 1 saturated carbocycles. The van der Waals surface area contributed by atoms with Crippen LogP contribution in [0.4, 0.5) is 0 Å². The minimum absolute atomic E-state index is 0.243. The monoisotopic (exact) mass is 437 g/mol. The zero-order valence-electron chi connectivity index (χ0n) is 16.5. The van der Waals surface area contributed by atoms with Crippen molar-refractivity contribution in [2.45, 2.75) is 51.6 Å². The Morgan fingerprint density at radius 2 is 2.00 bits per heavy atom. The molecule has 0 unspecified atom stereocenters. The van der Waals surface area contributed by atoms with Crippen molar-refractivity contribution < 1.29 is 4.74 Å². The van der Waals surface area contributed by atoms with Gasteiger partial charge >= 0.3 is 0 Å². The van der Waals surface area contributed by atoms with E-state index in [9.17, 15) is 5.26 Å². The number of aryl methyl sites for hydroxylation is 1. The molecule has 0 aromatic heterocycles. The summed E-state index contributed by atoms with van der Waals surface area (Å²) in [6, 6.07) is 19.5. The predicted molar refractivity (Wildman–Crippen MR) is 117 cm³/mol. The van der Waals surface area contributed by atoms with E-state index in [0.717, 1.165) is 17.5 Å². The van der Waals surface area contributed by atoms with Gasteiger partial charge in [0.1, 0.15) is 12.4 Å². The molecule has 4 atom stereocenters. The van der Waals surface area contributed by atoms with E-state index in [1.165, 1.54) is 36.0 Å². The Balaban J connectivity index is 1.53. The number of halogens is 1. The molecule has 0 bridgehead atoms. The summed E-state index contributed by atoms with van der Waals surface area (Å²) < 4.78 is 6.06. The molecule has 0 aliphatic heterocycles. The van der Waals surface area contributed by atoms with E-state index in [0.29, 0.717) is 30.8 Å². The third-order valence-electron chi connectivity index (χ3n) is 7.08. The fourth-order valence-electron chi connectivity index (χ4n) is 5.45. The van der Waals surface area contributed by atoms with Gasteiger partial charge in [-0.15, -0.1) is 0 Å². The van der Waals surface area contributed by atoms with Gasteiger partial charge in [0.25, 0.3) is 0 Å². The van der Waals surface area contributed by atoms with Gasteiger partial charge in [-0.3, -0.25) is 0 Å². The largest absolute Gasteiger partial charge is 0.489 e. The second-order valence-electron chi connectivity index (χ2n) is 8.74. The quantitative estimate of drug-likeness (QED) is 0.491. The molecular weight excluding hydrogens is 410 g/mol. The van der Waals surface area contributed by atoms with Crippen LogP contribution in [0, 0.1) is 28.6 Å². The molecule has 0 spiro atoms. The summed E-state index contributed by atoms with van der Waals surface area (Å²) in [7, 11) is 0. The molecule has 0 heterocycles. The van der Waals surface area contributed by atoms with E-state index in [-0.39, 0.29) is 5.41 Å². The number of ether oxygens (including phenoxy) is 1. The van der Waals surface area contributed by atoms with E-state index in [4.69, 9.17) is 4.74 Å². The van der Waals surface area contributed by atoms with Crippen molar-refractivity contribution in [1.29, 1.82) is 5.26 Å². The van der Waals surface area contributed by atoms with Crippen molar-refractivity contribution in [2.24, 2.45) is 17.3 Å². The van der Waals surface area contributed by atoms with Crippen molar-refractivity contribution >= 4 is 15.9 Å². The molecule has 0 N–H and O–H groups in total. The molecule has 2 aromatic rings. The molecule has 3 heteroatoms. The summed E-state index contributed by atoms with van der Waals surface area (Å²) in [5, 5.41) is 10.4. The van der Waals surface area contributed by atoms with Crippen molar-refractivity contribution in [3.63, 3.8) is 0 Å². The van der Waals surface area contributed by atoms with E-state index in [2.05, 4.69) is 59.3 Å². The topological polar surface area (TPSA) is 33.0 Å². The molecule has 1 fully saturated rings. The smallest absolute Gasteiger partial charge is 0.120 e. The number of benzene rings is 2. The SMILES string of the molecule is C[C@]1(CBr)CC[C@@H]2c3ccc(OCc4ccccc4)cc3CC[C@H]2[C@@H]1CC#N. The van der Waals surface area contributed by atoms with Gasteiger partial charge in [0.2, 0.25) is 0 Å². The summed E-state index contributed by atoms with van der Waals surface area (Å²) >= 11 is 3.75. The molecular formula is C25H28BrNO. The first kappa shape index (κ1) is 19.5. The van der Waals surface area contributed by atoms with Gasteiger partial charge in [-0.05, 0) is 77.7 Å². The van der Waals surface area contributed by atoms with Crippen LogP contribution in [0.5, 0.6) is 5.75 Å². The number of hydrogen-bond acceptors (Lipinski definition) is 2. The molecule has 0 amide bonds. The average Bonchev–Trinajstić information content (AvgIpc) is 2.74. The van der Waals surface area contributed by atoms with E-state index >= 15 is 0 Å². The number of hydrogen-bond donors (Lipinski definition) is 0. The van der Waals surface area contributed by atoms with Crippen molar-refractivity contribution in [3.8, 4) is 11.8 Å². The zero-order valence-corrected chi connectivity index (χ0v) is 18.1. The second kappa shape index (κ2) is 8.29. The van der Waals surface area contributed by atoms with Crippen LogP contribution < -0.4 is 4.74 Å². The first-order chi connectivity index (χ1) is 13.6. The summed E-state index contributed by atoms with van der Waals surface area (Å²) in [6.45, 7) is 2.98. The lowest BCUT2D eigenvalue weighted by Crippen LogP contribution is -2.43. The third kappa shape index (κ3) is 3.72. The number of fused-ring (bicyclic) bond motifs is 3. The molecule has 0 saturated heterocycles. The lowest BCUT2D eigenvalue weighted by molar-refractivity contribution is 0.0543. The Morgan fingerprint density at radius 3 is 2.75 bits per heavy atom. The minimum Gasteiger partial charge on any atom is -0.489 e. The van der Waals surface area contributed by atoms with Gasteiger partial charge in [-0.25, -0.2) is 0 Å². The van der Waals surface area contributed by atoms with Crippen molar-refractivity contribution in [1.82, 2.24) is 0 Å². The van der Waals surface area contributed by atoms with Crippen LogP contribution >= 0.6 is 15.9 Å². The van der Waals surface area contributed by atoms with E-state index in [1.807, 2.05) is 18.2 Å². The van der Waals surface area contributed by atoms with Gasteiger partial charge in [-0.2, -0.15) is 5.26 Å². The van der Waals surface area contributed by atoms with Gasteiger partial charge in [-0.1, -0.05) is 59.3 Å². The number of nitrogens with zero attached hydrogens (tertiary/aromatic N) is 1. The Morgan fingerprint density at radius 1 is 1.18 bits per heavy atom. The Kier molecular flexibility index (Phi) is 5.78. The molecule has 2 aliphatic rings. The van der Waals surface area contributed by atoms with Crippen LogP contribution in [0.2, 0.25) is 0 Å². The first-order valence-corrected chi connectivity index (χ1v) is 11.5. The first-order valence-electron chi connectivity index (χ1n) is 10.4. The normalized spacial score (nSPS) is 28.7. The Hall–Kier alpha value is -1.79. The fraction of sp³-hybridized carbons (Fsp3) is 0.480.